The van der Waals surface area contributed by atoms with Gasteiger partial charge in [0, 0.05) is 56.5 Å². The van der Waals surface area contributed by atoms with Crippen molar-refractivity contribution in [3.05, 3.63) is 339 Å². The maximum absolute atomic E-state index is 4.45. The first-order chi connectivity index (χ1) is 45.4. The maximum Gasteiger partial charge on any atom is 0.130 e. The number of hydrogen-bond donors (Lipinski definition) is 0. The molecule has 0 aliphatic carbocycles. The normalized spacial score (nSPS) is 14.5. The van der Waals surface area contributed by atoms with Crippen LogP contribution in [0.5, 0.6) is 0 Å². The number of hydrogen-bond acceptors (Lipinski definition) is 4. The van der Waals surface area contributed by atoms with E-state index >= 15 is 0 Å². The van der Waals surface area contributed by atoms with Crippen LogP contribution in [0.25, 0.3) is 5.70 Å². The van der Waals surface area contributed by atoms with Gasteiger partial charge in [-0.1, -0.05) is 219 Å². The van der Waals surface area contributed by atoms with Crippen LogP contribution < -0.4 is 19.6 Å². The molecule has 0 fully saturated rings. The molecule has 8 nitrogen and oxygen atoms in total. The van der Waals surface area contributed by atoms with Gasteiger partial charge in [0.2, 0.25) is 0 Å². The van der Waals surface area contributed by atoms with E-state index in [1.54, 1.807) is 0 Å². The lowest BCUT2D eigenvalue weighted by atomic mass is 9.93. The highest BCUT2D eigenvalue weighted by atomic mass is 15.2. The van der Waals surface area contributed by atoms with Gasteiger partial charge in [-0.25, -0.2) is 0 Å². The summed E-state index contributed by atoms with van der Waals surface area (Å²) in [6.45, 7) is 44.6. The van der Waals surface area contributed by atoms with Gasteiger partial charge < -0.3 is 19.6 Å². The highest BCUT2D eigenvalue weighted by molar-refractivity contribution is 5.66. The average Bonchev–Trinajstić information content (AvgIpc) is 0.799. The first-order valence-corrected chi connectivity index (χ1v) is 33.1. The summed E-state index contributed by atoms with van der Waals surface area (Å²) in [6.07, 6.45) is 29.2. The van der Waals surface area contributed by atoms with Gasteiger partial charge in [-0.2, -0.15) is 0 Å². The summed E-state index contributed by atoms with van der Waals surface area (Å²) in [6, 6.07) is 58.9. The topological polar surface area (TPSA) is 25.0 Å². The van der Waals surface area contributed by atoms with Gasteiger partial charge in [0.05, 0.1) is 58.4 Å². The Labute approximate surface area is 571 Å². The molecule has 0 spiro atoms. The number of nitrogens with zero attached hydrogens (tertiary/aromatic N) is 8. The van der Waals surface area contributed by atoms with Crippen LogP contribution in [0.2, 0.25) is 0 Å². The second kappa shape index (κ2) is 32.6. The molecule has 8 heteroatoms. The number of anilines is 4. The monoisotopic (exact) mass is 1260 g/mol. The highest BCUT2D eigenvalue weighted by Gasteiger charge is 2.33. The molecule has 2 unspecified atom stereocenters. The van der Waals surface area contributed by atoms with Crippen molar-refractivity contribution >= 4 is 55.3 Å². The fourth-order valence-corrected chi connectivity index (χ4v) is 13.6. The van der Waals surface area contributed by atoms with Crippen molar-refractivity contribution in [1.29, 1.82) is 0 Å². The molecule has 95 heavy (non-hydrogen) atoms. The molecule has 4 aliphatic rings. The van der Waals surface area contributed by atoms with Gasteiger partial charge in [-0.05, 0) is 137 Å². The van der Waals surface area contributed by atoms with E-state index in [-0.39, 0.29) is 12.1 Å². The van der Waals surface area contributed by atoms with E-state index in [9.17, 15) is 0 Å². The van der Waals surface area contributed by atoms with Gasteiger partial charge in [0.15, 0.2) is 0 Å². The minimum atomic E-state index is 0.0345. The van der Waals surface area contributed by atoms with Gasteiger partial charge in [0.1, 0.15) is 41.6 Å². The smallest absolute Gasteiger partial charge is 0.130 e. The molecule has 7 aromatic carbocycles. The van der Waals surface area contributed by atoms with Crippen LogP contribution in [0.3, 0.4) is 0 Å². The van der Waals surface area contributed by atoms with Crippen LogP contribution in [0, 0.1) is 86.5 Å². The summed E-state index contributed by atoms with van der Waals surface area (Å²) < 4.78 is 7.98. The molecule has 2 atom stereocenters. The Morgan fingerprint density at radius 2 is 0.863 bits per heavy atom. The van der Waals surface area contributed by atoms with Crippen LogP contribution in [0.15, 0.2) is 243 Å². The average molecular weight is 1260 g/mol. The summed E-state index contributed by atoms with van der Waals surface area (Å²) in [7, 11) is 8.62. The minimum Gasteiger partial charge on any atom is -0.373 e. The molecule has 0 saturated heterocycles. The van der Waals surface area contributed by atoms with E-state index in [0.29, 0.717) is 5.92 Å². The lowest BCUT2D eigenvalue weighted by Gasteiger charge is -2.37. The summed E-state index contributed by atoms with van der Waals surface area (Å²) in [5.41, 5.74) is 24.3. The first-order valence-electron chi connectivity index (χ1n) is 33.1. The molecule has 7 aromatic rings. The van der Waals surface area contributed by atoms with Crippen LogP contribution in [0.4, 0.5) is 22.7 Å². The number of likely N-dealkylation sites (N-methyl/N-ethyl adjacent to an activating group) is 4. The predicted octanol–water partition coefficient (Wildman–Crippen LogP) is 19.1. The Balaban J connectivity index is 0.000000165. The predicted molar refractivity (Wildman–Crippen MR) is 410 cm³/mol. The largest absolute Gasteiger partial charge is 0.373 e. The Hall–Kier alpha value is -10.2. The molecule has 490 valence electrons. The summed E-state index contributed by atoms with van der Waals surface area (Å²) in [4.78, 5) is 9.31. The van der Waals surface area contributed by atoms with Crippen molar-refractivity contribution < 1.29 is 18.3 Å². The van der Waals surface area contributed by atoms with Crippen molar-refractivity contribution in [2.75, 3.05) is 60.9 Å². The maximum atomic E-state index is 4.45. The third kappa shape index (κ3) is 17.7. The lowest BCUT2D eigenvalue weighted by Crippen LogP contribution is -2.34. The van der Waals surface area contributed by atoms with Crippen molar-refractivity contribution in [1.82, 2.24) is 0 Å². The quantitative estimate of drug-likeness (QED) is 0.0711. The van der Waals surface area contributed by atoms with E-state index in [1.165, 1.54) is 107 Å². The molecule has 4 heterocycles. The molecule has 0 saturated carbocycles. The molecule has 0 N–H and O–H groups in total. The SMILES string of the molecule is C=[N+]1C(CN(C)c2c(C)cc(C)cc2C)=CC=C[C-]1C.C=[N+]1C(c2ccccc2)=CC=C[C-]1C(c1ccccc1)N(C)c1ccc(C(C)C)cc1.C=[N+]1C=CC=C[C-]1C(c1ccccc1)N(C)c1c(C)cc(C)cc1C.C=[N+]1C=CC=C[C-]1CN(C)c1c(C)cc(C)cc1C. The number of allylic oxidation sites excluding steroid dienone is 8. The van der Waals surface area contributed by atoms with Gasteiger partial charge in [-0.15, -0.1) is 24.3 Å². The third-order valence-electron chi connectivity index (χ3n) is 18.0. The van der Waals surface area contributed by atoms with E-state index < -0.39 is 0 Å². The van der Waals surface area contributed by atoms with Crippen LogP contribution >= 0.6 is 0 Å². The Morgan fingerprint density at radius 3 is 1.36 bits per heavy atom. The molecule has 0 aromatic heterocycles. The van der Waals surface area contributed by atoms with E-state index in [1.807, 2.05) is 44.3 Å². The van der Waals surface area contributed by atoms with Crippen molar-refractivity contribution in [2.45, 2.75) is 101 Å². The molecule has 0 bridgehead atoms. The van der Waals surface area contributed by atoms with Crippen molar-refractivity contribution in [2.24, 2.45) is 0 Å². The van der Waals surface area contributed by atoms with Crippen LogP contribution in [0.1, 0.15) is 111 Å². The lowest BCUT2D eigenvalue weighted by molar-refractivity contribution is -0.444. The fraction of sp³-hybridized carbons (Fsp3) is 0.241. The second-order valence-corrected chi connectivity index (χ2v) is 26.0. The van der Waals surface area contributed by atoms with Gasteiger partial charge in [-0.3, -0.25) is 18.3 Å². The Morgan fingerprint density at radius 1 is 0.421 bits per heavy atom. The zero-order chi connectivity index (χ0) is 68.6. The second-order valence-electron chi connectivity index (χ2n) is 26.0. The number of benzene rings is 7. The van der Waals surface area contributed by atoms with Crippen LogP contribution in [-0.4, -0.2) is 86.5 Å². The highest BCUT2D eigenvalue weighted by Crippen LogP contribution is 2.41. The van der Waals surface area contributed by atoms with Gasteiger partial charge >= 0.3 is 0 Å². The van der Waals surface area contributed by atoms with E-state index in [0.717, 1.165) is 36.4 Å². The summed E-state index contributed by atoms with van der Waals surface area (Å²) in [5, 5.41) is 0. The summed E-state index contributed by atoms with van der Waals surface area (Å²) >= 11 is 0. The molecular weight excluding hydrogens is 1160 g/mol. The zero-order valence-corrected chi connectivity index (χ0v) is 59.6. The zero-order valence-electron chi connectivity index (χ0n) is 59.6. The summed E-state index contributed by atoms with van der Waals surface area (Å²) in [5.74, 6) is 0.522. The number of rotatable bonds is 16. The molecule has 0 amide bonds. The third-order valence-corrected chi connectivity index (χ3v) is 18.0. The first kappa shape index (κ1) is 70.7. The molecular formula is C87H102N8. The van der Waals surface area contributed by atoms with Crippen LogP contribution in [-0.2, 0) is 0 Å². The standard InChI is InChI=1S/C29H30N2.C23H26N2.C18H24N2.C17H22N2/c1-22(2)23-18-20-26(21-19-23)30(3)29(25-14-9-6-10-15-25)28-17-11-16-27(31(28)4)24-12-7-5-8-13-24;1-17-15-18(2)22(19(3)16-17)25(5)23(20-11-7-6-8-12-20)21-13-9-10-14-24(21)4;1-13-10-14(2)18(15(3)11-13)19(5)12-17-9-7-8-16(4)20(17)6;1-13-10-14(2)17(15(3)11-13)19(5)12-16-8-6-7-9-18(16)4/h5-22,29H,4H2,1-3H3;6-16,23H,4H2,1-3,5H3;7-11H,6,12H2,1-5H3;6-11H,4,12H2,1-3,5H3. The van der Waals surface area contributed by atoms with Gasteiger partial charge in [0.25, 0.3) is 0 Å². The molecule has 4 aliphatic heterocycles. The Kier molecular flexibility index (Phi) is 24.2. The number of aryl methyl sites for hydroxylation is 9. The van der Waals surface area contributed by atoms with Crippen molar-refractivity contribution in [3.63, 3.8) is 0 Å². The molecule has 0 radical (unpaired) electrons. The Bertz CT molecular complexity index is 4030. The van der Waals surface area contributed by atoms with E-state index in [4.69, 9.17) is 0 Å². The fourth-order valence-electron chi connectivity index (χ4n) is 13.6. The minimum absolute atomic E-state index is 0.0345. The molecule has 11 rings (SSSR count). The van der Waals surface area contributed by atoms with E-state index in [2.05, 4.69) is 369 Å². The van der Waals surface area contributed by atoms with Crippen molar-refractivity contribution in [3.8, 4) is 0 Å².